The van der Waals surface area contributed by atoms with Gasteiger partial charge in [-0.15, -0.1) is 12.4 Å². The van der Waals surface area contributed by atoms with Crippen LogP contribution in [0, 0.1) is 0 Å². The normalized spacial score (nSPS) is 15.5. The molecule has 0 aromatic heterocycles. The van der Waals surface area contributed by atoms with Crippen LogP contribution in [0.4, 0.5) is 5.69 Å². The van der Waals surface area contributed by atoms with Crippen molar-refractivity contribution in [2.75, 3.05) is 32.0 Å². The number of rotatable bonds is 4. The van der Waals surface area contributed by atoms with Gasteiger partial charge in [0.1, 0.15) is 0 Å². The van der Waals surface area contributed by atoms with Gasteiger partial charge in [-0.25, -0.2) is 0 Å². The van der Waals surface area contributed by atoms with Crippen molar-refractivity contribution in [1.29, 1.82) is 0 Å². The average molecular weight is 387 g/mol. The fraction of sp³-hybridized carbons (Fsp3) is 0.500. The second-order valence-electron chi connectivity index (χ2n) is 5.19. The third-order valence-corrected chi connectivity index (χ3v) is 4.64. The van der Waals surface area contributed by atoms with E-state index >= 15 is 0 Å². The number of nitrogens with zero attached hydrogens (tertiary/aromatic N) is 1. The Balaban J connectivity index is 0.00000242. The molecule has 1 aromatic carbocycles. The fourth-order valence-electron chi connectivity index (χ4n) is 2.41. The zero-order chi connectivity index (χ0) is 15.4. The lowest BCUT2D eigenvalue weighted by Crippen LogP contribution is -2.44. The van der Waals surface area contributed by atoms with E-state index in [4.69, 9.17) is 34.8 Å². The fourth-order valence-corrected chi connectivity index (χ4v) is 3.01. The molecule has 0 saturated carbocycles. The number of nitrogens with one attached hydrogen (secondary N) is 2. The van der Waals surface area contributed by atoms with Crippen LogP contribution in [0.2, 0.25) is 15.1 Å². The molecule has 1 aliphatic rings. The highest BCUT2D eigenvalue weighted by molar-refractivity contribution is 6.44. The molecule has 1 amide bonds. The first-order valence-corrected chi connectivity index (χ1v) is 7.96. The van der Waals surface area contributed by atoms with Gasteiger partial charge in [0.15, 0.2) is 0 Å². The smallest absolute Gasteiger partial charge is 0.238 e. The number of likely N-dealkylation sites (N-methyl/N-ethyl adjacent to an activating group) is 1. The zero-order valence-corrected chi connectivity index (χ0v) is 15.2. The highest BCUT2D eigenvalue weighted by atomic mass is 35.5. The van der Waals surface area contributed by atoms with Crippen LogP contribution in [0.25, 0.3) is 0 Å². The topological polar surface area (TPSA) is 44.4 Å². The first kappa shape index (κ1) is 19.8. The lowest BCUT2D eigenvalue weighted by atomic mass is 10.1. The molecule has 0 atom stereocenters. The summed E-state index contributed by atoms with van der Waals surface area (Å²) in [4.78, 5) is 14.2. The van der Waals surface area contributed by atoms with Gasteiger partial charge in [0, 0.05) is 6.04 Å². The number of hydrogen-bond donors (Lipinski definition) is 2. The molecule has 0 spiro atoms. The number of piperidine rings is 1. The number of amides is 1. The van der Waals surface area contributed by atoms with E-state index in [1.165, 1.54) is 6.07 Å². The van der Waals surface area contributed by atoms with E-state index < -0.39 is 0 Å². The lowest BCUT2D eigenvalue weighted by molar-refractivity contribution is -0.117. The van der Waals surface area contributed by atoms with E-state index in [0.717, 1.165) is 25.9 Å². The van der Waals surface area contributed by atoms with Gasteiger partial charge < -0.3 is 10.6 Å². The molecular formula is C14H19Cl4N3O. The number of anilines is 1. The number of halogens is 4. The first-order valence-electron chi connectivity index (χ1n) is 6.82. The third-order valence-electron chi connectivity index (χ3n) is 3.61. The van der Waals surface area contributed by atoms with Crippen molar-refractivity contribution in [2.24, 2.45) is 0 Å². The second-order valence-corrected chi connectivity index (χ2v) is 6.41. The maximum Gasteiger partial charge on any atom is 0.238 e. The minimum Gasteiger partial charge on any atom is -0.324 e. The summed E-state index contributed by atoms with van der Waals surface area (Å²) in [6, 6.07) is 3.52. The van der Waals surface area contributed by atoms with E-state index in [1.807, 2.05) is 7.05 Å². The van der Waals surface area contributed by atoms with E-state index in [1.54, 1.807) is 6.07 Å². The Kier molecular flexibility index (Phi) is 8.25. The largest absolute Gasteiger partial charge is 0.324 e. The molecule has 1 fully saturated rings. The molecule has 2 rings (SSSR count). The van der Waals surface area contributed by atoms with Crippen LogP contribution >= 0.6 is 47.2 Å². The summed E-state index contributed by atoms with van der Waals surface area (Å²) in [5, 5.41) is 7.20. The van der Waals surface area contributed by atoms with Gasteiger partial charge in [-0.05, 0) is 45.1 Å². The van der Waals surface area contributed by atoms with Crippen LogP contribution in [-0.4, -0.2) is 43.5 Å². The maximum absolute atomic E-state index is 12.1. The van der Waals surface area contributed by atoms with Crippen LogP contribution in [0.3, 0.4) is 0 Å². The SMILES string of the molecule is CN(CC(=O)Nc1cc(Cl)c(Cl)cc1Cl)C1CCNCC1.Cl. The number of carbonyl (C=O) groups is 1. The standard InChI is InChI=1S/C14H18Cl3N3O.ClH/c1-20(9-2-4-18-5-3-9)8-14(21)19-13-7-11(16)10(15)6-12(13)17;/h6-7,9,18H,2-5,8H2,1H3,(H,19,21);1H. The van der Waals surface area contributed by atoms with Gasteiger partial charge in [-0.3, -0.25) is 9.69 Å². The molecule has 8 heteroatoms. The maximum atomic E-state index is 12.1. The van der Waals surface area contributed by atoms with Gasteiger partial charge in [-0.2, -0.15) is 0 Å². The molecule has 1 aromatic rings. The highest BCUT2D eigenvalue weighted by Crippen LogP contribution is 2.32. The van der Waals surface area contributed by atoms with Gasteiger partial charge in [0.05, 0.1) is 27.3 Å². The van der Waals surface area contributed by atoms with Gasteiger partial charge in [0.2, 0.25) is 5.91 Å². The number of carbonyl (C=O) groups excluding carboxylic acids is 1. The molecule has 0 bridgehead atoms. The predicted molar refractivity (Wildman–Crippen MR) is 95.9 cm³/mol. The Morgan fingerprint density at radius 3 is 2.45 bits per heavy atom. The Labute approximate surface area is 151 Å². The van der Waals surface area contributed by atoms with Gasteiger partial charge in [-0.1, -0.05) is 34.8 Å². The second kappa shape index (κ2) is 9.16. The van der Waals surface area contributed by atoms with Crippen molar-refractivity contribution >= 4 is 58.8 Å². The summed E-state index contributed by atoms with van der Waals surface area (Å²) in [5.74, 6) is -0.115. The molecule has 0 unspecified atom stereocenters. The molecule has 22 heavy (non-hydrogen) atoms. The first-order chi connectivity index (χ1) is 9.97. The predicted octanol–water partition coefficient (Wildman–Crippen LogP) is 3.69. The van der Waals surface area contributed by atoms with Crippen LogP contribution in [0.5, 0.6) is 0 Å². The Morgan fingerprint density at radius 1 is 1.23 bits per heavy atom. The monoisotopic (exact) mass is 385 g/mol. The molecule has 2 N–H and O–H groups in total. The summed E-state index contributed by atoms with van der Waals surface area (Å²) in [5.41, 5.74) is 0.481. The molecule has 1 aliphatic heterocycles. The van der Waals surface area contributed by atoms with Crippen molar-refractivity contribution in [1.82, 2.24) is 10.2 Å². The van der Waals surface area contributed by atoms with Crippen molar-refractivity contribution < 1.29 is 4.79 Å². The summed E-state index contributed by atoms with van der Waals surface area (Å²) in [6.07, 6.45) is 2.11. The molecule has 4 nitrogen and oxygen atoms in total. The molecule has 0 aliphatic carbocycles. The van der Waals surface area contributed by atoms with E-state index in [9.17, 15) is 4.79 Å². The third kappa shape index (κ3) is 5.44. The van der Waals surface area contributed by atoms with Crippen molar-refractivity contribution in [3.8, 4) is 0 Å². The lowest BCUT2D eigenvalue weighted by Gasteiger charge is -2.31. The summed E-state index contributed by atoms with van der Waals surface area (Å²) < 4.78 is 0. The molecule has 0 radical (unpaired) electrons. The van der Waals surface area contributed by atoms with Crippen LogP contribution in [0.1, 0.15) is 12.8 Å². The van der Waals surface area contributed by atoms with Crippen molar-refractivity contribution in [3.63, 3.8) is 0 Å². The molecule has 124 valence electrons. The Bertz CT molecular complexity index is 521. The highest BCUT2D eigenvalue weighted by Gasteiger charge is 2.20. The minimum atomic E-state index is -0.115. The van der Waals surface area contributed by atoms with E-state index in [2.05, 4.69) is 15.5 Å². The van der Waals surface area contributed by atoms with Crippen LogP contribution in [0.15, 0.2) is 12.1 Å². The number of hydrogen-bond acceptors (Lipinski definition) is 3. The average Bonchev–Trinajstić information content (AvgIpc) is 2.45. The summed E-state index contributed by atoms with van der Waals surface area (Å²) >= 11 is 17.9. The number of benzene rings is 1. The quantitative estimate of drug-likeness (QED) is 0.775. The van der Waals surface area contributed by atoms with E-state index in [-0.39, 0.29) is 18.3 Å². The Hall–Kier alpha value is -0.230. The van der Waals surface area contributed by atoms with Crippen molar-refractivity contribution in [2.45, 2.75) is 18.9 Å². The van der Waals surface area contributed by atoms with E-state index in [0.29, 0.717) is 33.3 Å². The summed E-state index contributed by atoms with van der Waals surface area (Å²) in [6.45, 7) is 2.31. The zero-order valence-electron chi connectivity index (χ0n) is 12.2. The van der Waals surface area contributed by atoms with Gasteiger partial charge >= 0.3 is 0 Å². The van der Waals surface area contributed by atoms with Crippen LogP contribution < -0.4 is 10.6 Å². The van der Waals surface area contributed by atoms with Gasteiger partial charge in [0.25, 0.3) is 0 Å². The molecular weight excluding hydrogens is 368 g/mol. The minimum absolute atomic E-state index is 0. The Morgan fingerprint density at radius 2 is 1.82 bits per heavy atom. The molecule has 1 saturated heterocycles. The molecule has 1 heterocycles. The summed E-state index contributed by atoms with van der Waals surface area (Å²) in [7, 11) is 1.96. The van der Waals surface area contributed by atoms with Crippen molar-refractivity contribution in [3.05, 3.63) is 27.2 Å². The van der Waals surface area contributed by atoms with Crippen LogP contribution in [-0.2, 0) is 4.79 Å².